The highest BCUT2D eigenvalue weighted by molar-refractivity contribution is 7.12. The van der Waals surface area contributed by atoms with Gasteiger partial charge in [-0.1, -0.05) is 0 Å². The molecule has 0 aliphatic heterocycles. The molecule has 0 atom stereocenters. The maximum atomic E-state index is 11.2. The van der Waals surface area contributed by atoms with Crippen LogP contribution < -0.4 is 10.1 Å². The van der Waals surface area contributed by atoms with Crippen LogP contribution in [0.15, 0.2) is 11.4 Å². The first-order valence-electron chi connectivity index (χ1n) is 4.94. The molecule has 0 bridgehead atoms. The van der Waals surface area contributed by atoms with Gasteiger partial charge in [-0.3, -0.25) is 10.1 Å². The number of ether oxygens (including phenoxy) is 2. The average Bonchev–Trinajstić information content (AvgIpc) is 2.75. The third kappa shape index (κ3) is 4.42. The summed E-state index contributed by atoms with van der Waals surface area (Å²) in [6.07, 6.45) is -0.845. The number of hydrogen-bond donors (Lipinski definition) is 2. The Bertz CT molecular complexity index is 455. The lowest BCUT2D eigenvalue weighted by Crippen LogP contribution is -2.34. The van der Waals surface area contributed by atoms with E-state index in [4.69, 9.17) is 9.84 Å². The zero-order valence-corrected chi connectivity index (χ0v) is 10.3. The smallest absolute Gasteiger partial charge is 0.413 e. The van der Waals surface area contributed by atoms with Crippen molar-refractivity contribution >= 4 is 29.3 Å². The molecule has 0 fully saturated rings. The summed E-state index contributed by atoms with van der Waals surface area (Å²) in [4.78, 5) is 32.8. The van der Waals surface area contributed by atoms with E-state index in [1.165, 1.54) is 11.4 Å². The molecule has 8 heteroatoms. The Morgan fingerprint density at radius 2 is 2.17 bits per heavy atom. The van der Waals surface area contributed by atoms with Gasteiger partial charge in [0.25, 0.3) is 5.91 Å². The first-order valence-corrected chi connectivity index (χ1v) is 5.82. The van der Waals surface area contributed by atoms with Crippen molar-refractivity contribution in [3.8, 4) is 5.75 Å². The third-order valence-electron chi connectivity index (χ3n) is 1.67. The van der Waals surface area contributed by atoms with Crippen LogP contribution in [0.3, 0.4) is 0 Å². The molecule has 0 unspecified atom stereocenters. The van der Waals surface area contributed by atoms with E-state index in [1.807, 2.05) is 5.32 Å². The molecule has 2 N–H and O–H groups in total. The Labute approximate surface area is 106 Å². The molecule has 0 saturated heterocycles. The third-order valence-corrected chi connectivity index (χ3v) is 2.57. The first kappa shape index (κ1) is 14.0. The summed E-state index contributed by atoms with van der Waals surface area (Å²) in [5.74, 6) is -1.47. The van der Waals surface area contributed by atoms with Crippen LogP contribution in [0, 0.1) is 0 Å². The van der Waals surface area contributed by atoms with Crippen LogP contribution in [0.1, 0.15) is 16.6 Å². The Balaban J connectivity index is 2.37. The molecule has 0 radical (unpaired) electrons. The molecule has 0 aromatic carbocycles. The summed E-state index contributed by atoms with van der Waals surface area (Å²) < 4.78 is 9.50. The van der Waals surface area contributed by atoms with Crippen LogP contribution in [-0.2, 0) is 9.53 Å². The van der Waals surface area contributed by atoms with Gasteiger partial charge in [0.2, 0.25) is 0 Å². The molecule has 7 nitrogen and oxygen atoms in total. The van der Waals surface area contributed by atoms with Gasteiger partial charge in [0.1, 0.15) is 10.6 Å². The number of carbonyl (C=O) groups is 3. The Morgan fingerprint density at radius 1 is 1.44 bits per heavy atom. The summed E-state index contributed by atoms with van der Waals surface area (Å²) in [7, 11) is 0. The monoisotopic (exact) mass is 273 g/mol. The number of imide groups is 1. The highest BCUT2D eigenvalue weighted by Crippen LogP contribution is 2.21. The quantitative estimate of drug-likeness (QED) is 0.832. The summed E-state index contributed by atoms with van der Waals surface area (Å²) in [6.45, 7) is 1.38. The Morgan fingerprint density at radius 3 is 2.72 bits per heavy atom. The van der Waals surface area contributed by atoms with E-state index in [2.05, 4.69) is 4.74 Å². The lowest BCUT2D eigenvalue weighted by molar-refractivity contribution is -0.122. The Hall–Kier alpha value is -2.09. The molecule has 1 aromatic heterocycles. The van der Waals surface area contributed by atoms with Crippen molar-refractivity contribution in [2.24, 2.45) is 0 Å². The van der Waals surface area contributed by atoms with Gasteiger partial charge in [0, 0.05) is 11.4 Å². The average molecular weight is 273 g/mol. The number of carboxylic acids is 1. The number of thiophene rings is 1. The number of amides is 2. The lowest BCUT2D eigenvalue weighted by Gasteiger charge is -2.04. The van der Waals surface area contributed by atoms with Crippen molar-refractivity contribution in [2.75, 3.05) is 13.2 Å². The molecule has 18 heavy (non-hydrogen) atoms. The summed E-state index contributed by atoms with van der Waals surface area (Å²) >= 11 is 0.983. The Kier molecular flexibility index (Phi) is 5.12. The molecule has 1 aromatic rings. The molecule has 0 aliphatic rings. The maximum Gasteiger partial charge on any atom is 0.413 e. The van der Waals surface area contributed by atoms with Crippen LogP contribution in [0.2, 0.25) is 0 Å². The maximum absolute atomic E-state index is 11.2. The van der Waals surface area contributed by atoms with Crippen LogP contribution in [0.4, 0.5) is 4.79 Å². The number of carboxylic acid groups (broad SMARTS) is 1. The molecule has 2 amide bonds. The second kappa shape index (κ2) is 6.60. The van der Waals surface area contributed by atoms with Crippen molar-refractivity contribution in [3.05, 3.63) is 16.3 Å². The number of hydrogen-bond acceptors (Lipinski definition) is 6. The molecule has 0 spiro atoms. The summed E-state index contributed by atoms with van der Waals surface area (Å²) in [5, 5.41) is 12.1. The summed E-state index contributed by atoms with van der Waals surface area (Å²) in [6, 6.07) is 1.30. The van der Waals surface area contributed by atoms with E-state index in [0.717, 1.165) is 11.3 Å². The predicted octanol–water partition coefficient (Wildman–Crippen LogP) is 1.10. The van der Waals surface area contributed by atoms with Crippen LogP contribution in [0.25, 0.3) is 0 Å². The van der Waals surface area contributed by atoms with Crippen molar-refractivity contribution in [1.29, 1.82) is 0 Å². The fourth-order valence-electron chi connectivity index (χ4n) is 0.973. The highest BCUT2D eigenvalue weighted by Gasteiger charge is 2.11. The van der Waals surface area contributed by atoms with Crippen LogP contribution in [0.5, 0.6) is 5.75 Å². The van der Waals surface area contributed by atoms with Gasteiger partial charge in [0.05, 0.1) is 6.61 Å². The minimum Gasteiger partial charge on any atom is -0.483 e. The fraction of sp³-hybridized carbons (Fsp3) is 0.300. The van der Waals surface area contributed by atoms with E-state index in [-0.39, 0.29) is 17.2 Å². The molecular weight excluding hydrogens is 262 g/mol. The SMILES string of the molecule is CCOC(=O)NC(=O)COc1csc(C(=O)O)c1. The zero-order chi connectivity index (χ0) is 13.5. The van der Waals surface area contributed by atoms with E-state index in [1.54, 1.807) is 6.92 Å². The van der Waals surface area contributed by atoms with E-state index >= 15 is 0 Å². The molecule has 1 heterocycles. The number of carbonyl (C=O) groups excluding carboxylic acids is 2. The van der Waals surface area contributed by atoms with Gasteiger partial charge in [-0.25, -0.2) is 9.59 Å². The van der Waals surface area contributed by atoms with Crippen molar-refractivity contribution in [3.63, 3.8) is 0 Å². The minimum atomic E-state index is -1.06. The van der Waals surface area contributed by atoms with Crippen molar-refractivity contribution < 1.29 is 29.0 Å². The number of aromatic carboxylic acids is 1. The zero-order valence-electron chi connectivity index (χ0n) is 9.47. The number of rotatable bonds is 5. The fourth-order valence-corrected chi connectivity index (χ4v) is 1.64. The minimum absolute atomic E-state index is 0.107. The number of alkyl carbamates (subject to hydrolysis) is 1. The van der Waals surface area contributed by atoms with Gasteiger partial charge in [-0.15, -0.1) is 11.3 Å². The normalized spacial score (nSPS) is 9.61. The molecule has 0 saturated carbocycles. The lowest BCUT2D eigenvalue weighted by atomic mass is 10.4. The molecule has 0 aliphatic carbocycles. The number of nitrogens with one attached hydrogen (secondary N) is 1. The summed E-state index contributed by atoms with van der Waals surface area (Å²) in [5.41, 5.74) is 0. The highest BCUT2D eigenvalue weighted by atomic mass is 32.1. The van der Waals surface area contributed by atoms with E-state index in [9.17, 15) is 14.4 Å². The van der Waals surface area contributed by atoms with Gasteiger partial charge >= 0.3 is 12.1 Å². The van der Waals surface area contributed by atoms with Crippen molar-refractivity contribution in [2.45, 2.75) is 6.92 Å². The first-order chi connectivity index (χ1) is 8.52. The van der Waals surface area contributed by atoms with E-state index < -0.39 is 24.6 Å². The standard InChI is InChI=1S/C10H11NO6S/c1-2-16-10(15)11-8(12)4-17-6-3-7(9(13)14)18-5-6/h3,5H,2,4H2,1H3,(H,13,14)(H,11,12,15). The largest absolute Gasteiger partial charge is 0.483 e. The topological polar surface area (TPSA) is 102 Å². The van der Waals surface area contributed by atoms with Crippen molar-refractivity contribution in [1.82, 2.24) is 5.32 Å². The van der Waals surface area contributed by atoms with Gasteiger partial charge in [-0.05, 0) is 6.92 Å². The van der Waals surface area contributed by atoms with Gasteiger partial charge in [-0.2, -0.15) is 0 Å². The van der Waals surface area contributed by atoms with E-state index in [0.29, 0.717) is 0 Å². The van der Waals surface area contributed by atoms with Gasteiger partial charge < -0.3 is 14.6 Å². The second-order valence-corrected chi connectivity index (χ2v) is 3.92. The van der Waals surface area contributed by atoms with Crippen LogP contribution >= 0.6 is 11.3 Å². The van der Waals surface area contributed by atoms with Crippen LogP contribution in [-0.4, -0.2) is 36.3 Å². The molecule has 98 valence electrons. The van der Waals surface area contributed by atoms with Gasteiger partial charge in [0.15, 0.2) is 6.61 Å². The predicted molar refractivity (Wildman–Crippen MR) is 61.9 cm³/mol. The second-order valence-electron chi connectivity index (χ2n) is 3.01. The molecular formula is C10H11NO6S. The molecule has 1 rings (SSSR count).